The van der Waals surface area contributed by atoms with Gasteiger partial charge in [0, 0.05) is 0 Å². The zero-order chi connectivity index (χ0) is 12.1. The molecule has 0 aliphatic heterocycles. The summed E-state index contributed by atoms with van der Waals surface area (Å²) in [4.78, 5) is 16.6. The molecule has 0 saturated heterocycles. The molecule has 16 heavy (non-hydrogen) atoms. The predicted molar refractivity (Wildman–Crippen MR) is 61.5 cm³/mol. The third kappa shape index (κ3) is 3.57. The fourth-order valence-corrected chi connectivity index (χ4v) is 2.56. The van der Waals surface area contributed by atoms with Crippen molar-refractivity contribution in [1.29, 1.82) is 0 Å². The van der Waals surface area contributed by atoms with Crippen LogP contribution in [0.1, 0.15) is 40.1 Å². The molecule has 1 N–H and O–H groups in total. The Morgan fingerprint density at radius 1 is 1.56 bits per heavy atom. The number of thiazole rings is 1. The van der Waals surface area contributed by atoms with Crippen LogP contribution in [0.4, 0.5) is 0 Å². The molecule has 1 heterocycles. The number of nitrogens with one attached hydrogen (secondary N) is 1. The van der Waals surface area contributed by atoms with Gasteiger partial charge in [0.05, 0.1) is 30.1 Å². The van der Waals surface area contributed by atoms with Gasteiger partial charge in [0.25, 0.3) is 0 Å². The maximum absolute atomic E-state index is 10.7. The molecule has 0 radical (unpaired) electrons. The second-order valence-corrected chi connectivity index (χ2v) is 5.13. The Morgan fingerprint density at radius 2 is 2.25 bits per heavy atom. The van der Waals surface area contributed by atoms with Crippen molar-refractivity contribution >= 4 is 17.3 Å². The number of quaternary nitrogens is 1. The van der Waals surface area contributed by atoms with E-state index >= 15 is 0 Å². The fraction of sp³-hybridized carbons (Fsp3) is 0.636. The van der Waals surface area contributed by atoms with E-state index in [4.69, 9.17) is 0 Å². The maximum atomic E-state index is 10.7. The second kappa shape index (κ2) is 5.96. The van der Waals surface area contributed by atoms with Crippen LogP contribution in [0.15, 0.2) is 0 Å². The van der Waals surface area contributed by atoms with Crippen LogP contribution in [0.5, 0.6) is 0 Å². The van der Waals surface area contributed by atoms with Crippen molar-refractivity contribution in [2.45, 2.75) is 33.2 Å². The molecule has 0 fully saturated rings. The molecule has 90 valence electrons. The highest BCUT2D eigenvalue weighted by Gasteiger charge is 2.11. The molecule has 0 saturated carbocycles. The highest BCUT2D eigenvalue weighted by atomic mass is 32.1. The lowest BCUT2D eigenvalue weighted by Gasteiger charge is -2.11. The maximum Gasteiger partial charge on any atom is 0.148 e. The van der Waals surface area contributed by atoms with Crippen LogP contribution in [-0.4, -0.2) is 24.5 Å². The van der Waals surface area contributed by atoms with E-state index in [0.29, 0.717) is 5.69 Å². The summed E-state index contributed by atoms with van der Waals surface area (Å²) in [5.74, 6) is -1.12. The molecular formula is C11H18N2O2S. The first-order valence-corrected chi connectivity index (χ1v) is 6.35. The largest absolute Gasteiger partial charge is 0.544 e. The Kier molecular flexibility index (Phi) is 4.89. The van der Waals surface area contributed by atoms with Crippen molar-refractivity contribution in [3.05, 3.63) is 15.6 Å². The van der Waals surface area contributed by atoms with Crippen molar-refractivity contribution in [1.82, 2.24) is 4.98 Å². The van der Waals surface area contributed by atoms with Gasteiger partial charge in [-0.1, -0.05) is 13.3 Å². The Balaban J connectivity index is 2.60. The zero-order valence-corrected chi connectivity index (χ0v) is 10.8. The smallest absolute Gasteiger partial charge is 0.148 e. The van der Waals surface area contributed by atoms with E-state index in [-0.39, 0.29) is 4.88 Å². The normalized spacial score (nSPS) is 12.7. The van der Waals surface area contributed by atoms with E-state index in [1.807, 2.05) is 0 Å². The van der Waals surface area contributed by atoms with E-state index < -0.39 is 5.97 Å². The first-order valence-electron chi connectivity index (χ1n) is 5.53. The van der Waals surface area contributed by atoms with Crippen LogP contribution in [0.2, 0.25) is 0 Å². The Morgan fingerprint density at radius 3 is 2.75 bits per heavy atom. The number of aromatic carboxylic acids is 1. The summed E-state index contributed by atoms with van der Waals surface area (Å²) in [5, 5.41) is 11.6. The molecule has 1 rings (SSSR count). The minimum absolute atomic E-state index is 0.262. The zero-order valence-electron chi connectivity index (χ0n) is 10.0. The van der Waals surface area contributed by atoms with E-state index in [1.54, 1.807) is 6.92 Å². The Labute approximate surface area is 99.9 Å². The van der Waals surface area contributed by atoms with Crippen LogP contribution in [0, 0.1) is 6.92 Å². The molecular weight excluding hydrogens is 224 g/mol. The van der Waals surface area contributed by atoms with Gasteiger partial charge in [0.1, 0.15) is 11.6 Å². The van der Waals surface area contributed by atoms with Crippen LogP contribution in [0.3, 0.4) is 0 Å². The average Bonchev–Trinajstić information content (AvgIpc) is 2.56. The molecule has 0 spiro atoms. The number of hydrogen-bond donors (Lipinski definition) is 1. The van der Waals surface area contributed by atoms with Crippen molar-refractivity contribution in [3.63, 3.8) is 0 Å². The summed E-state index contributed by atoms with van der Waals surface area (Å²) in [7, 11) is 2.10. The summed E-state index contributed by atoms with van der Waals surface area (Å²) in [6.07, 6.45) is 2.36. The fourth-order valence-electron chi connectivity index (χ4n) is 1.54. The number of aryl methyl sites for hydroxylation is 1. The topological polar surface area (TPSA) is 57.5 Å². The lowest BCUT2D eigenvalue weighted by molar-refractivity contribution is -0.893. The number of rotatable bonds is 6. The third-order valence-corrected chi connectivity index (χ3v) is 3.57. The molecule has 0 aliphatic rings. The average molecular weight is 242 g/mol. The summed E-state index contributed by atoms with van der Waals surface area (Å²) in [6, 6.07) is 0. The van der Waals surface area contributed by atoms with E-state index in [9.17, 15) is 9.90 Å². The van der Waals surface area contributed by atoms with Gasteiger partial charge in [-0.2, -0.15) is 0 Å². The van der Waals surface area contributed by atoms with Crippen molar-refractivity contribution in [2.75, 3.05) is 13.6 Å². The third-order valence-electron chi connectivity index (χ3n) is 2.44. The van der Waals surface area contributed by atoms with Crippen LogP contribution < -0.4 is 10.0 Å². The van der Waals surface area contributed by atoms with Crippen LogP contribution in [0.25, 0.3) is 0 Å². The van der Waals surface area contributed by atoms with Gasteiger partial charge < -0.3 is 14.8 Å². The number of carbonyl (C=O) groups is 1. The van der Waals surface area contributed by atoms with Crippen molar-refractivity contribution in [3.8, 4) is 0 Å². The van der Waals surface area contributed by atoms with Crippen molar-refractivity contribution < 1.29 is 14.8 Å². The highest BCUT2D eigenvalue weighted by Crippen LogP contribution is 2.16. The summed E-state index contributed by atoms with van der Waals surface area (Å²) in [6.45, 7) is 5.76. The van der Waals surface area contributed by atoms with E-state index in [2.05, 4.69) is 19.0 Å². The Bertz CT molecular complexity index is 363. The summed E-state index contributed by atoms with van der Waals surface area (Å²) in [5.41, 5.74) is 0.572. The molecule has 1 aromatic rings. The highest BCUT2D eigenvalue weighted by molar-refractivity contribution is 7.13. The first-order chi connectivity index (χ1) is 7.54. The van der Waals surface area contributed by atoms with Gasteiger partial charge in [-0.3, -0.25) is 0 Å². The molecule has 1 unspecified atom stereocenters. The lowest BCUT2D eigenvalue weighted by atomic mass is 10.3. The number of carboxylic acid groups (broad SMARTS) is 1. The monoisotopic (exact) mass is 242 g/mol. The Hall–Kier alpha value is -0.940. The molecule has 0 amide bonds. The molecule has 4 nitrogen and oxygen atoms in total. The van der Waals surface area contributed by atoms with Gasteiger partial charge in [0.15, 0.2) is 0 Å². The quantitative estimate of drug-likeness (QED) is 0.740. The second-order valence-electron chi connectivity index (χ2n) is 4.05. The molecule has 1 atom stereocenters. The van der Waals surface area contributed by atoms with Crippen LogP contribution in [-0.2, 0) is 6.54 Å². The van der Waals surface area contributed by atoms with E-state index in [0.717, 1.165) is 18.1 Å². The summed E-state index contributed by atoms with van der Waals surface area (Å²) < 4.78 is 0. The minimum atomic E-state index is -1.12. The SMILES string of the molecule is CCCC[NH+](C)Cc1nc(C)c(C(=O)[O-])s1. The number of hydrogen-bond acceptors (Lipinski definition) is 4. The van der Waals surface area contributed by atoms with Gasteiger partial charge >= 0.3 is 0 Å². The minimum Gasteiger partial charge on any atom is -0.544 e. The predicted octanol–water partition coefficient (Wildman–Crippen LogP) is -0.370. The van der Waals surface area contributed by atoms with E-state index in [1.165, 1.54) is 29.1 Å². The molecule has 1 aromatic heterocycles. The molecule has 0 bridgehead atoms. The number of aromatic nitrogens is 1. The number of carbonyl (C=O) groups excluding carboxylic acids is 1. The standard InChI is InChI=1S/C11H18N2O2S/c1-4-5-6-13(3)7-9-12-8(2)10(16-9)11(14)15/h4-7H2,1-3H3,(H,14,15). The molecule has 5 heteroatoms. The number of carboxylic acids is 1. The lowest BCUT2D eigenvalue weighted by Crippen LogP contribution is -3.07. The summed E-state index contributed by atoms with van der Waals surface area (Å²) >= 11 is 1.24. The van der Waals surface area contributed by atoms with Crippen LogP contribution >= 0.6 is 11.3 Å². The first kappa shape index (κ1) is 13.1. The van der Waals surface area contributed by atoms with Gasteiger partial charge in [-0.05, 0) is 13.3 Å². The van der Waals surface area contributed by atoms with Gasteiger partial charge in [0.2, 0.25) is 0 Å². The van der Waals surface area contributed by atoms with Crippen molar-refractivity contribution in [2.24, 2.45) is 0 Å². The molecule has 0 aromatic carbocycles. The number of unbranched alkanes of at least 4 members (excludes halogenated alkanes) is 1. The van der Waals surface area contributed by atoms with Gasteiger partial charge in [-0.25, -0.2) is 4.98 Å². The number of nitrogens with zero attached hydrogens (tertiary/aromatic N) is 1. The molecule has 0 aliphatic carbocycles. The van der Waals surface area contributed by atoms with Gasteiger partial charge in [-0.15, -0.1) is 11.3 Å².